The normalized spacial score (nSPS) is 10.3. The second-order valence-electron chi connectivity index (χ2n) is 2.93. The second-order valence-corrected chi connectivity index (χ2v) is 2.93. The summed E-state index contributed by atoms with van der Waals surface area (Å²) in [6.45, 7) is 3.43. The highest BCUT2D eigenvalue weighted by Crippen LogP contribution is 2.05. The Kier molecular flexibility index (Phi) is 3.68. The molecular formula is C12H12O2. The van der Waals surface area contributed by atoms with Crippen molar-refractivity contribution in [3.05, 3.63) is 54.1 Å². The molecule has 14 heavy (non-hydrogen) atoms. The molecule has 1 rings (SSSR count). The summed E-state index contributed by atoms with van der Waals surface area (Å²) in [7, 11) is 0. The molecule has 0 amide bonds. The van der Waals surface area contributed by atoms with E-state index in [4.69, 9.17) is 5.11 Å². The fourth-order valence-corrected chi connectivity index (χ4v) is 0.989. The van der Waals surface area contributed by atoms with Gasteiger partial charge >= 0.3 is 5.97 Å². The zero-order valence-corrected chi connectivity index (χ0v) is 7.81. The third kappa shape index (κ3) is 3.27. The minimum absolute atomic E-state index is 0.206. The van der Waals surface area contributed by atoms with Gasteiger partial charge < -0.3 is 5.11 Å². The lowest BCUT2D eigenvalue weighted by atomic mass is 10.1. The highest BCUT2D eigenvalue weighted by Gasteiger charge is 1.99. The number of allylic oxidation sites excluding steroid dienone is 1. The smallest absolute Gasteiger partial charge is 0.331 e. The Morgan fingerprint density at radius 3 is 2.57 bits per heavy atom. The van der Waals surface area contributed by atoms with E-state index in [1.807, 2.05) is 36.4 Å². The summed E-state index contributed by atoms with van der Waals surface area (Å²) < 4.78 is 0. The average Bonchev–Trinajstić information content (AvgIpc) is 2.19. The van der Waals surface area contributed by atoms with Crippen LogP contribution in [0.3, 0.4) is 0 Å². The van der Waals surface area contributed by atoms with Crippen molar-refractivity contribution in [1.29, 1.82) is 0 Å². The van der Waals surface area contributed by atoms with Crippen LogP contribution in [0.1, 0.15) is 12.0 Å². The molecule has 1 aromatic rings. The van der Waals surface area contributed by atoms with E-state index in [1.54, 1.807) is 6.08 Å². The summed E-state index contributed by atoms with van der Waals surface area (Å²) in [5, 5.41) is 8.55. The average molecular weight is 188 g/mol. The van der Waals surface area contributed by atoms with Crippen molar-refractivity contribution in [2.75, 3.05) is 0 Å². The van der Waals surface area contributed by atoms with Gasteiger partial charge in [0.25, 0.3) is 0 Å². The first kappa shape index (κ1) is 10.3. The fraction of sp³-hybridized carbons (Fsp3) is 0.0833. The predicted octanol–water partition coefficient (Wildman–Crippen LogP) is 2.73. The summed E-state index contributed by atoms with van der Waals surface area (Å²) in [5.74, 6) is -0.942. The molecule has 0 heterocycles. The number of rotatable bonds is 4. The molecule has 0 saturated carbocycles. The van der Waals surface area contributed by atoms with Crippen LogP contribution in [0.5, 0.6) is 0 Å². The molecule has 72 valence electrons. The number of carboxylic acid groups (broad SMARTS) is 1. The molecule has 0 aliphatic carbocycles. The maximum atomic E-state index is 10.4. The van der Waals surface area contributed by atoms with Crippen LogP contribution in [-0.4, -0.2) is 11.1 Å². The first-order valence-corrected chi connectivity index (χ1v) is 4.33. The molecular weight excluding hydrogens is 176 g/mol. The Bertz CT molecular complexity index is 350. The summed E-state index contributed by atoms with van der Waals surface area (Å²) >= 11 is 0. The minimum atomic E-state index is -0.942. The fourth-order valence-electron chi connectivity index (χ4n) is 0.989. The molecule has 0 aliphatic rings. The lowest BCUT2D eigenvalue weighted by Gasteiger charge is -1.93. The molecule has 0 atom stereocenters. The number of hydrogen-bond acceptors (Lipinski definition) is 1. The van der Waals surface area contributed by atoms with Crippen LogP contribution in [0.4, 0.5) is 0 Å². The number of carboxylic acids is 1. The first-order chi connectivity index (χ1) is 6.70. The van der Waals surface area contributed by atoms with E-state index in [-0.39, 0.29) is 5.57 Å². The molecule has 1 N–H and O–H groups in total. The number of benzene rings is 1. The first-order valence-electron chi connectivity index (χ1n) is 4.33. The van der Waals surface area contributed by atoms with Crippen molar-refractivity contribution in [3.8, 4) is 0 Å². The van der Waals surface area contributed by atoms with Gasteiger partial charge in [0.15, 0.2) is 0 Å². The molecule has 0 fully saturated rings. The monoisotopic (exact) mass is 188 g/mol. The molecule has 0 spiro atoms. The quantitative estimate of drug-likeness (QED) is 0.737. The van der Waals surface area contributed by atoms with Crippen molar-refractivity contribution in [2.24, 2.45) is 0 Å². The summed E-state index contributed by atoms with van der Waals surface area (Å²) in [5.41, 5.74) is 1.27. The van der Waals surface area contributed by atoms with Crippen LogP contribution in [-0.2, 0) is 4.79 Å². The maximum Gasteiger partial charge on any atom is 0.331 e. The van der Waals surface area contributed by atoms with Crippen LogP contribution >= 0.6 is 0 Å². The SMILES string of the molecule is C=C(C/C=C/c1ccccc1)C(=O)O. The Hall–Kier alpha value is -1.83. The standard InChI is InChI=1S/C12H12O2/c1-10(12(13)14)6-5-9-11-7-3-2-4-8-11/h2-5,7-9H,1,6H2,(H,13,14)/b9-5+. The predicted molar refractivity (Wildman–Crippen MR) is 56.9 cm³/mol. The molecule has 0 aliphatic heterocycles. The van der Waals surface area contributed by atoms with Gasteiger partial charge in [-0.25, -0.2) is 4.79 Å². The highest BCUT2D eigenvalue weighted by molar-refractivity contribution is 5.86. The van der Waals surface area contributed by atoms with Crippen LogP contribution in [0.2, 0.25) is 0 Å². The molecule has 0 unspecified atom stereocenters. The molecule has 0 saturated heterocycles. The zero-order chi connectivity index (χ0) is 10.4. The molecule has 2 heteroatoms. The topological polar surface area (TPSA) is 37.3 Å². The van der Waals surface area contributed by atoms with Crippen LogP contribution in [0.25, 0.3) is 6.08 Å². The lowest BCUT2D eigenvalue weighted by Crippen LogP contribution is -1.96. The number of carbonyl (C=O) groups is 1. The van der Waals surface area contributed by atoms with E-state index in [2.05, 4.69) is 6.58 Å². The van der Waals surface area contributed by atoms with Gasteiger partial charge in [0.1, 0.15) is 0 Å². The van der Waals surface area contributed by atoms with Gasteiger partial charge in [-0.2, -0.15) is 0 Å². The van der Waals surface area contributed by atoms with E-state index in [9.17, 15) is 4.79 Å². The van der Waals surface area contributed by atoms with Gasteiger partial charge in [0.05, 0.1) is 0 Å². The van der Waals surface area contributed by atoms with Crippen molar-refractivity contribution < 1.29 is 9.90 Å². The Balaban J connectivity index is 2.50. The van der Waals surface area contributed by atoms with E-state index < -0.39 is 5.97 Å². The van der Waals surface area contributed by atoms with Crippen molar-refractivity contribution >= 4 is 12.0 Å². The summed E-state index contributed by atoms with van der Waals surface area (Å²) in [4.78, 5) is 10.4. The van der Waals surface area contributed by atoms with Gasteiger partial charge in [-0.3, -0.25) is 0 Å². The second kappa shape index (κ2) is 5.02. The minimum Gasteiger partial charge on any atom is -0.478 e. The van der Waals surface area contributed by atoms with Crippen molar-refractivity contribution in [1.82, 2.24) is 0 Å². The third-order valence-corrected chi connectivity index (χ3v) is 1.78. The van der Waals surface area contributed by atoms with E-state index in [1.165, 1.54) is 0 Å². The van der Waals surface area contributed by atoms with Gasteiger partial charge in [0, 0.05) is 5.57 Å². The largest absolute Gasteiger partial charge is 0.478 e. The van der Waals surface area contributed by atoms with E-state index in [0.29, 0.717) is 6.42 Å². The van der Waals surface area contributed by atoms with Crippen LogP contribution in [0.15, 0.2) is 48.6 Å². The summed E-state index contributed by atoms with van der Waals surface area (Å²) in [6.07, 6.45) is 4.06. The van der Waals surface area contributed by atoms with Crippen molar-refractivity contribution in [2.45, 2.75) is 6.42 Å². The molecule has 0 aromatic heterocycles. The van der Waals surface area contributed by atoms with Crippen LogP contribution < -0.4 is 0 Å². The molecule has 0 radical (unpaired) electrons. The lowest BCUT2D eigenvalue weighted by molar-refractivity contribution is -0.132. The number of aliphatic carboxylic acids is 1. The molecule has 1 aromatic carbocycles. The van der Waals surface area contributed by atoms with Gasteiger partial charge in [-0.05, 0) is 12.0 Å². The van der Waals surface area contributed by atoms with Gasteiger partial charge in [0.2, 0.25) is 0 Å². The Labute approximate surface area is 83.2 Å². The van der Waals surface area contributed by atoms with Crippen LogP contribution in [0, 0.1) is 0 Å². The maximum absolute atomic E-state index is 10.4. The van der Waals surface area contributed by atoms with Crippen molar-refractivity contribution in [3.63, 3.8) is 0 Å². The summed E-state index contributed by atoms with van der Waals surface area (Å²) in [6, 6.07) is 9.73. The zero-order valence-electron chi connectivity index (χ0n) is 7.81. The third-order valence-electron chi connectivity index (χ3n) is 1.78. The van der Waals surface area contributed by atoms with Gasteiger partial charge in [-0.15, -0.1) is 0 Å². The van der Waals surface area contributed by atoms with E-state index in [0.717, 1.165) is 5.56 Å². The van der Waals surface area contributed by atoms with E-state index >= 15 is 0 Å². The number of hydrogen-bond donors (Lipinski definition) is 1. The Morgan fingerprint density at radius 1 is 1.36 bits per heavy atom. The molecule has 0 bridgehead atoms. The van der Waals surface area contributed by atoms with Gasteiger partial charge in [-0.1, -0.05) is 49.1 Å². The highest BCUT2D eigenvalue weighted by atomic mass is 16.4. The Morgan fingerprint density at radius 2 is 2.00 bits per heavy atom. The molecule has 2 nitrogen and oxygen atoms in total.